The van der Waals surface area contributed by atoms with Crippen molar-refractivity contribution in [1.82, 2.24) is 0 Å². The molecule has 0 fully saturated rings. The lowest BCUT2D eigenvalue weighted by molar-refractivity contribution is 0.203. The van der Waals surface area contributed by atoms with E-state index >= 15 is 0 Å². The molecule has 0 heterocycles. The van der Waals surface area contributed by atoms with Gasteiger partial charge in [0.15, 0.2) is 0 Å². The zero-order chi connectivity index (χ0) is 12.2. The van der Waals surface area contributed by atoms with Gasteiger partial charge in [0, 0.05) is 0 Å². The summed E-state index contributed by atoms with van der Waals surface area (Å²) >= 11 is 0. The Morgan fingerprint density at radius 2 is 1.69 bits per heavy atom. The van der Waals surface area contributed by atoms with Gasteiger partial charge in [-0.25, -0.2) is 0 Å². The molecule has 0 atom stereocenters. The van der Waals surface area contributed by atoms with E-state index < -0.39 is 10.1 Å². The molecule has 3 nitrogen and oxygen atoms in total. The molecule has 0 aliphatic carbocycles. The summed E-state index contributed by atoms with van der Waals surface area (Å²) in [5, 5.41) is 0. The van der Waals surface area contributed by atoms with Gasteiger partial charge in [0.25, 0.3) is 10.1 Å². The lowest BCUT2D eigenvalue weighted by Gasteiger charge is -2.17. The Bertz CT molecular complexity index is 415. The van der Waals surface area contributed by atoms with E-state index in [1.165, 1.54) is 0 Å². The molecule has 0 N–H and O–H groups in total. The van der Waals surface area contributed by atoms with Crippen molar-refractivity contribution in [1.29, 1.82) is 0 Å². The van der Waals surface area contributed by atoms with E-state index in [0.29, 0.717) is 0 Å². The molecule has 1 aromatic carbocycles. The van der Waals surface area contributed by atoms with Crippen LogP contribution in [0.1, 0.15) is 26.3 Å². The van der Waals surface area contributed by atoms with Gasteiger partial charge in [-0.3, -0.25) is 4.18 Å². The highest BCUT2D eigenvalue weighted by Crippen LogP contribution is 2.16. The van der Waals surface area contributed by atoms with Crippen molar-refractivity contribution in [2.45, 2.75) is 26.5 Å². The Kier molecular flexibility index (Phi) is 4.10. The van der Waals surface area contributed by atoms with Crippen LogP contribution in [0.4, 0.5) is 0 Å². The van der Waals surface area contributed by atoms with Gasteiger partial charge in [-0.05, 0) is 11.0 Å². The maximum Gasteiger partial charge on any atom is 0.271 e. The molecule has 0 spiro atoms. The molecule has 0 aliphatic heterocycles. The van der Waals surface area contributed by atoms with E-state index in [0.717, 1.165) is 5.56 Å². The van der Waals surface area contributed by atoms with Crippen molar-refractivity contribution < 1.29 is 12.6 Å². The fourth-order valence-electron chi connectivity index (χ4n) is 1.09. The van der Waals surface area contributed by atoms with E-state index in [2.05, 4.69) is 0 Å². The number of rotatable bonds is 4. The minimum Gasteiger partial charge on any atom is -0.269 e. The predicted octanol–water partition coefficient (Wildman–Crippen LogP) is 2.58. The lowest BCUT2D eigenvalue weighted by atomic mass is 9.99. The fourth-order valence-corrected chi connectivity index (χ4v) is 2.30. The molecule has 0 saturated carbocycles. The smallest absolute Gasteiger partial charge is 0.269 e. The summed E-state index contributed by atoms with van der Waals surface area (Å²) < 4.78 is 28.2. The molecule has 4 heteroatoms. The molecular weight excluding hydrogens is 224 g/mol. The Balaban J connectivity index is 2.60. The highest BCUT2D eigenvalue weighted by molar-refractivity contribution is 7.85. The van der Waals surface area contributed by atoms with Crippen LogP contribution in [0.25, 0.3) is 0 Å². The first-order valence-electron chi connectivity index (χ1n) is 5.20. The Labute approximate surface area is 97.6 Å². The predicted molar refractivity (Wildman–Crippen MR) is 64.5 cm³/mol. The molecule has 0 aliphatic rings. The van der Waals surface area contributed by atoms with E-state index in [9.17, 15) is 8.42 Å². The normalized spacial score (nSPS) is 12.7. The van der Waals surface area contributed by atoms with Crippen LogP contribution in [0.2, 0.25) is 0 Å². The quantitative estimate of drug-likeness (QED) is 0.762. The molecule has 1 aromatic rings. The average molecular weight is 242 g/mol. The monoisotopic (exact) mass is 242 g/mol. The molecule has 90 valence electrons. The fraction of sp³-hybridized carbons (Fsp3) is 0.500. The summed E-state index contributed by atoms with van der Waals surface area (Å²) in [5.74, 6) is -0.0656. The number of hydrogen-bond acceptors (Lipinski definition) is 3. The average Bonchev–Trinajstić information content (AvgIpc) is 2.15. The minimum absolute atomic E-state index is 0.0656. The van der Waals surface area contributed by atoms with Gasteiger partial charge in [-0.2, -0.15) is 8.42 Å². The van der Waals surface area contributed by atoms with Crippen LogP contribution < -0.4 is 0 Å². The van der Waals surface area contributed by atoms with E-state index in [4.69, 9.17) is 4.18 Å². The van der Waals surface area contributed by atoms with E-state index in [-0.39, 0.29) is 17.8 Å². The maximum absolute atomic E-state index is 11.6. The molecule has 0 amide bonds. The van der Waals surface area contributed by atoms with Crippen LogP contribution in [0.5, 0.6) is 0 Å². The summed E-state index contributed by atoms with van der Waals surface area (Å²) in [5.41, 5.74) is 0.598. The summed E-state index contributed by atoms with van der Waals surface area (Å²) in [4.78, 5) is 0. The molecule has 1 rings (SSSR count). The van der Waals surface area contributed by atoms with Crippen LogP contribution in [0.3, 0.4) is 0 Å². The van der Waals surface area contributed by atoms with Crippen LogP contribution in [0.15, 0.2) is 30.3 Å². The molecule has 16 heavy (non-hydrogen) atoms. The van der Waals surface area contributed by atoms with Crippen LogP contribution >= 0.6 is 0 Å². The minimum atomic E-state index is -3.47. The van der Waals surface area contributed by atoms with Gasteiger partial charge in [-0.15, -0.1) is 0 Å². The molecular formula is C12H18O3S. The van der Waals surface area contributed by atoms with Gasteiger partial charge < -0.3 is 0 Å². The largest absolute Gasteiger partial charge is 0.271 e. The second-order valence-corrected chi connectivity index (χ2v) is 6.65. The van der Waals surface area contributed by atoms with Gasteiger partial charge in [-0.1, -0.05) is 51.1 Å². The second kappa shape index (κ2) is 4.97. The Morgan fingerprint density at radius 3 is 2.19 bits per heavy atom. The first kappa shape index (κ1) is 13.2. The van der Waals surface area contributed by atoms with Gasteiger partial charge in [0.2, 0.25) is 0 Å². The van der Waals surface area contributed by atoms with Crippen molar-refractivity contribution in [3.05, 3.63) is 35.9 Å². The summed E-state index contributed by atoms with van der Waals surface area (Å²) in [6, 6.07) is 9.03. The van der Waals surface area contributed by atoms with Gasteiger partial charge in [0.05, 0.1) is 6.61 Å². The standard InChI is InChI=1S/C12H18O3S/c1-12(2,3)10-15-16(13,14)9-11-7-5-4-6-8-11/h4-8H,9-10H2,1-3H3. The third kappa shape index (κ3) is 5.28. The van der Waals surface area contributed by atoms with Crippen molar-refractivity contribution in [2.75, 3.05) is 6.61 Å². The van der Waals surface area contributed by atoms with Crippen molar-refractivity contribution >= 4 is 10.1 Å². The van der Waals surface area contributed by atoms with Crippen molar-refractivity contribution in [2.24, 2.45) is 5.41 Å². The zero-order valence-electron chi connectivity index (χ0n) is 9.93. The highest BCUT2D eigenvalue weighted by atomic mass is 32.2. The summed E-state index contributed by atoms with van der Waals surface area (Å²) in [6.07, 6.45) is 0. The van der Waals surface area contributed by atoms with Gasteiger partial charge in [0.1, 0.15) is 5.75 Å². The Morgan fingerprint density at radius 1 is 1.12 bits per heavy atom. The zero-order valence-corrected chi connectivity index (χ0v) is 10.8. The molecule has 0 saturated heterocycles. The first-order valence-corrected chi connectivity index (χ1v) is 6.77. The maximum atomic E-state index is 11.6. The highest BCUT2D eigenvalue weighted by Gasteiger charge is 2.18. The third-order valence-electron chi connectivity index (χ3n) is 1.86. The van der Waals surface area contributed by atoms with Crippen LogP contribution in [-0.2, 0) is 20.1 Å². The second-order valence-electron chi connectivity index (χ2n) is 5.01. The number of benzene rings is 1. The summed E-state index contributed by atoms with van der Waals surface area (Å²) in [6.45, 7) is 6.02. The third-order valence-corrected chi connectivity index (χ3v) is 3.02. The molecule has 0 aromatic heterocycles. The van der Waals surface area contributed by atoms with E-state index in [1.54, 1.807) is 12.1 Å². The van der Waals surface area contributed by atoms with E-state index in [1.807, 2.05) is 39.0 Å². The molecule has 0 bridgehead atoms. The van der Waals surface area contributed by atoms with Crippen LogP contribution in [-0.4, -0.2) is 15.0 Å². The van der Waals surface area contributed by atoms with Crippen LogP contribution in [0, 0.1) is 5.41 Å². The Hall–Kier alpha value is -0.870. The van der Waals surface area contributed by atoms with Crippen molar-refractivity contribution in [3.63, 3.8) is 0 Å². The molecule has 0 unspecified atom stereocenters. The molecule has 0 radical (unpaired) electrons. The van der Waals surface area contributed by atoms with Gasteiger partial charge >= 0.3 is 0 Å². The van der Waals surface area contributed by atoms with Crippen molar-refractivity contribution in [3.8, 4) is 0 Å². The summed E-state index contributed by atoms with van der Waals surface area (Å²) in [7, 11) is -3.47. The topological polar surface area (TPSA) is 43.4 Å². The number of hydrogen-bond donors (Lipinski definition) is 0. The lowest BCUT2D eigenvalue weighted by Crippen LogP contribution is -2.19. The SMILES string of the molecule is CC(C)(C)COS(=O)(=O)Cc1ccccc1. The first-order chi connectivity index (χ1) is 7.29.